The first-order chi connectivity index (χ1) is 16.5. The minimum absolute atomic E-state index is 0.0748. The van der Waals surface area contributed by atoms with Gasteiger partial charge < -0.3 is 15.2 Å². The highest BCUT2D eigenvalue weighted by atomic mass is 35.5. The molecule has 0 aliphatic carbocycles. The van der Waals surface area contributed by atoms with Crippen LogP contribution in [0.1, 0.15) is 17.5 Å². The average Bonchev–Trinajstić information content (AvgIpc) is 2.84. The molecule has 6 rings (SSSR count). The number of nitrogens with two attached hydrogens (primary N) is 1. The third-order valence-electron chi connectivity index (χ3n) is 6.04. The highest BCUT2D eigenvalue weighted by molar-refractivity contribution is 6.30. The second-order valence-corrected chi connectivity index (χ2v) is 8.46. The summed E-state index contributed by atoms with van der Waals surface area (Å²) in [6.45, 7) is 0.357. The summed E-state index contributed by atoms with van der Waals surface area (Å²) in [7, 11) is 0. The zero-order chi connectivity index (χ0) is 23.3. The molecule has 2 N–H and O–H groups in total. The van der Waals surface area contributed by atoms with Crippen molar-refractivity contribution in [2.75, 3.05) is 6.61 Å². The lowest BCUT2D eigenvalue weighted by Crippen LogP contribution is -2.38. The molecule has 0 radical (unpaired) electrons. The molecular formula is C25H17ClFN5O2. The Bertz CT molecular complexity index is 1480. The van der Waals surface area contributed by atoms with Gasteiger partial charge in [-0.05, 0) is 42.0 Å². The number of ether oxygens (including phenoxy) is 2. The van der Waals surface area contributed by atoms with E-state index in [1.807, 2.05) is 12.1 Å². The SMILES string of the molecule is NC1=N[C@@]2(CCO1)c1cc(-c3cccnc3F)ccc1Oc1cnc(-c3cncc(Cl)c3)cc12. The lowest BCUT2D eigenvalue weighted by molar-refractivity contribution is 0.219. The predicted octanol–water partition coefficient (Wildman–Crippen LogP) is 5.08. The average molecular weight is 474 g/mol. The van der Waals surface area contributed by atoms with E-state index in [1.165, 1.54) is 6.20 Å². The van der Waals surface area contributed by atoms with Gasteiger partial charge in [-0.25, -0.2) is 9.98 Å². The van der Waals surface area contributed by atoms with E-state index >= 15 is 0 Å². The van der Waals surface area contributed by atoms with Crippen LogP contribution in [0, 0.1) is 5.95 Å². The van der Waals surface area contributed by atoms with Gasteiger partial charge in [0, 0.05) is 47.3 Å². The van der Waals surface area contributed by atoms with Gasteiger partial charge in [0.1, 0.15) is 11.3 Å². The Labute approximate surface area is 199 Å². The van der Waals surface area contributed by atoms with Crippen LogP contribution in [0.4, 0.5) is 4.39 Å². The van der Waals surface area contributed by atoms with Gasteiger partial charge in [-0.1, -0.05) is 17.7 Å². The lowest BCUT2D eigenvalue weighted by Gasteiger charge is -2.39. The molecule has 168 valence electrons. The van der Waals surface area contributed by atoms with Crippen LogP contribution in [-0.4, -0.2) is 27.6 Å². The molecule has 9 heteroatoms. The first kappa shape index (κ1) is 20.6. The number of aliphatic imine (C=N–C) groups is 1. The van der Waals surface area contributed by atoms with Gasteiger partial charge in [0.25, 0.3) is 6.02 Å². The number of hydrogen-bond acceptors (Lipinski definition) is 7. The quantitative estimate of drug-likeness (QED) is 0.408. The van der Waals surface area contributed by atoms with Crippen molar-refractivity contribution in [2.24, 2.45) is 10.7 Å². The van der Waals surface area contributed by atoms with Crippen LogP contribution in [0.3, 0.4) is 0 Å². The van der Waals surface area contributed by atoms with E-state index in [0.717, 1.165) is 16.7 Å². The molecule has 2 aliphatic rings. The van der Waals surface area contributed by atoms with Crippen LogP contribution in [0.5, 0.6) is 11.5 Å². The summed E-state index contributed by atoms with van der Waals surface area (Å²) in [6, 6.07) is 12.6. The van der Waals surface area contributed by atoms with Crippen molar-refractivity contribution < 1.29 is 13.9 Å². The van der Waals surface area contributed by atoms with Crippen molar-refractivity contribution in [3.05, 3.63) is 89.3 Å². The Morgan fingerprint density at radius 2 is 1.85 bits per heavy atom. The summed E-state index contributed by atoms with van der Waals surface area (Å²) < 4.78 is 26.2. The molecule has 0 unspecified atom stereocenters. The lowest BCUT2D eigenvalue weighted by atomic mass is 9.77. The highest BCUT2D eigenvalue weighted by Gasteiger charge is 2.45. The van der Waals surface area contributed by atoms with Crippen LogP contribution in [0.25, 0.3) is 22.4 Å². The second kappa shape index (κ2) is 7.78. The van der Waals surface area contributed by atoms with Gasteiger partial charge in [-0.3, -0.25) is 9.97 Å². The molecule has 3 aromatic heterocycles. The van der Waals surface area contributed by atoms with E-state index in [2.05, 4.69) is 15.0 Å². The molecule has 1 atom stereocenters. The van der Waals surface area contributed by atoms with Gasteiger partial charge in [0.05, 0.1) is 23.5 Å². The summed E-state index contributed by atoms with van der Waals surface area (Å²) in [5, 5.41) is 0.504. The van der Waals surface area contributed by atoms with E-state index in [4.69, 9.17) is 31.8 Å². The maximum atomic E-state index is 14.5. The number of hydrogen-bond donors (Lipinski definition) is 1. The monoisotopic (exact) mass is 473 g/mol. The molecular weight excluding hydrogens is 457 g/mol. The molecule has 1 spiro atoms. The Morgan fingerprint density at radius 3 is 2.68 bits per heavy atom. The molecule has 34 heavy (non-hydrogen) atoms. The smallest absolute Gasteiger partial charge is 0.283 e. The first-order valence-electron chi connectivity index (χ1n) is 10.6. The van der Waals surface area contributed by atoms with Gasteiger partial charge in [-0.15, -0.1) is 0 Å². The topological polar surface area (TPSA) is 95.5 Å². The molecule has 0 saturated heterocycles. The van der Waals surface area contributed by atoms with E-state index < -0.39 is 11.5 Å². The van der Waals surface area contributed by atoms with Gasteiger partial charge >= 0.3 is 0 Å². The Kier molecular flexibility index (Phi) is 4.70. The largest absolute Gasteiger partial charge is 0.465 e. The van der Waals surface area contributed by atoms with Crippen molar-refractivity contribution in [1.82, 2.24) is 15.0 Å². The van der Waals surface area contributed by atoms with Crippen molar-refractivity contribution in [3.8, 4) is 33.9 Å². The highest BCUT2D eigenvalue weighted by Crippen LogP contribution is 2.53. The van der Waals surface area contributed by atoms with Gasteiger partial charge in [0.15, 0.2) is 5.75 Å². The first-order valence-corrected chi connectivity index (χ1v) is 10.9. The van der Waals surface area contributed by atoms with Gasteiger partial charge in [-0.2, -0.15) is 4.39 Å². The molecule has 5 heterocycles. The Morgan fingerprint density at radius 1 is 0.971 bits per heavy atom. The predicted molar refractivity (Wildman–Crippen MR) is 125 cm³/mol. The maximum Gasteiger partial charge on any atom is 0.283 e. The van der Waals surface area contributed by atoms with Crippen molar-refractivity contribution in [1.29, 1.82) is 0 Å². The molecule has 4 aromatic rings. The van der Waals surface area contributed by atoms with Gasteiger partial charge in [0.2, 0.25) is 5.95 Å². The number of amidine groups is 1. The van der Waals surface area contributed by atoms with E-state index in [9.17, 15) is 4.39 Å². The standard InChI is InChI=1S/C25H17ClFN5O2/c26-16-8-15(11-29-12-16)20-10-19-22(13-31-20)34-21-4-3-14(17-2-1-6-30-23(17)27)9-18(21)25(19)5-7-33-24(28)32-25/h1-4,6,8-13H,5,7H2,(H2,28,32)/t25-/m0/s1. The Hall–Kier alpha value is -4.04. The fourth-order valence-corrected chi connectivity index (χ4v) is 4.68. The number of aromatic nitrogens is 3. The second-order valence-electron chi connectivity index (χ2n) is 8.02. The van der Waals surface area contributed by atoms with Crippen LogP contribution in [-0.2, 0) is 10.3 Å². The number of rotatable bonds is 2. The zero-order valence-electron chi connectivity index (χ0n) is 17.7. The van der Waals surface area contributed by atoms with Crippen LogP contribution < -0.4 is 10.5 Å². The summed E-state index contributed by atoms with van der Waals surface area (Å²) >= 11 is 6.15. The van der Waals surface area contributed by atoms with E-state index in [0.29, 0.717) is 46.4 Å². The van der Waals surface area contributed by atoms with Crippen LogP contribution >= 0.6 is 11.6 Å². The summed E-state index contributed by atoms with van der Waals surface area (Å²) in [6.07, 6.45) is 6.84. The molecule has 0 fully saturated rings. The number of pyridine rings is 3. The number of benzene rings is 1. The third kappa shape index (κ3) is 3.26. The number of fused-ring (bicyclic) bond motifs is 4. The van der Waals surface area contributed by atoms with Crippen LogP contribution in [0.15, 0.2) is 72.2 Å². The molecule has 0 amide bonds. The third-order valence-corrected chi connectivity index (χ3v) is 6.25. The molecule has 0 saturated carbocycles. The summed E-state index contributed by atoms with van der Waals surface area (Å²) in [4.78, 5) is 17.3. The van der Waals surface area contributed by atoms with E-state index in [1.54, 1.807) is 48.9 Å². The maximum absolute atomic E-state index is 14.5. The normalized spacial score (nSPS) is 18.4. The zero-order valence-corrected chi connectivity index (χ0v) is 18.5. The fourth-order valence-electron chi connectivity index (χ4n) is 4.50. The molecule has 0 bridgehead atoms. The van der Waals surface area contributed by atoms with Crippen molar-refractivity contribution in [3.63, 3.8) is 0 Å². The van der Waals surface area contributed by atoms with Crippen molar-refractivity contribution >= 4 is 17.6 Å². The molecule has 7 nitrogen and oxygen atoms in total. The Balaban J connectivity index is 1.58. The number of nitrogens with zero attached hydrogens (tertiary/aromatic N) is 4. The van der Waals surface area contributed by atoms with E-state index in [-0.39, 0.29) is 6.02 Å². The minimum Gasteiger partial charge on any atom is -0.465 e. The van der Waals surface area contributed by atoms with Crippen LogP contribution in [0.2, 0.25) is 5.02 Å². The fraction of sp³-hybridized carbons (Fsp3) is 0.120. The molecule has 2 aliphatic heterocycles. The summed E-state index contributed by atoms with van der Waals surface area (Å²) in [5.41, 5.74) is 9.17. The summed E-state index contributed by atoms with van der Waals surface area (Å²) in [5.74, 6) is 0.603. The minimum atomic E-state index is -0.899. The van der Waals surface area contributed by atoms with Crippen molar-refractivity contribution in [2.45, 2.75) is 12.0 Å². The molecule has 1 aromatic carbocycles. The number of halogens is 2.